The van der Waals surface area contributed by atoms with E-state index in [-0.39, 0.29) is 0 Å². The number of hydrogen-bond acceptors (Lipinski definition) is 2. The molecule has 1 aliphatic rings. The monoisotopic (exact) mass is 267 g/mol. The molecular formula is C15H22ClNO. The predicted octanol–water partition coefficient (Wildman–Crippen LogP) is 4.02. The fourth-order valence-electron chi connectivity index (χ4n) is 2.24. The Morgan fingerprint density at radius 3 is 2.44 bits per heavy atom. The lowest BCUT2D eigenvalue weighted by Crippen LogP contribution is -2.30. The maximum atomic E-state index is 9.57. The largest absolute Gasteiger partial charge is 0.389 e. The molecule has 1 aromatic carbocycles. The Labute approximate surface area is 115 Å². The summed E-state index contributed by atoms with van der Waals surface area (Å²) >= 11 is 6.37. The second-order valence-electron chi connectivity index (χ2n) is 5.66. The molecule has 0 spiro atoms. The van der Waals surface area contributed by atoms with Crippen LogP contribution in [0.2, 0.25) is 5.02 Å². The highest BCUT2D eigenvalue weighted by Gasteiger charge is 2.30. The van der Waals surface area contributed by atoms with E-state index in [0.29, 0.717) is 12.0 Å². The van der Waals surface area contributed by atoms with Gasteiger partial charge in [0.1, 0.15) is 0 Å². The second kappa shape index (κ2) is 5.50. The van der Waals surface area contributed by atoms with Gasteiger partial charge in [0.05, 0.1) is 16.8 Å². The first-order chi connectivity index (χ1) is 8.49. The van der Waals surface area contributed by atoms with Gasteiger partial charge in [-0.1, -0.05) is 31.5 Å². The second-order valence-corrected chi connectivity index (χ2v) is 6.07. The molecule has 3 heteroatoms. The molecule has 1 saturated carbocycles. The highest BCUT2D eigenvalue weighted by molar-refractivity contribution is 6.33. The van der Waals surface area contributed by atoms with Crippen LogP contribution in [0.4, 0.5) is 5.69 Å². The minimum Gasteiger partial charge on any atom is -0.389 e. The maximum Gasteiger partial charge on any atom is 0.0762 e. The normalized spacial score (nSPS) is 17.0. The summed E-state index contributed by atoms with van der Waals surface area (Å²) in [7, 11) is 0. The van der Waals surface area contributed by atoms with Gasteiger partial charge >= 0.3 is 0 Å². The summed E-state index contributed by atoms with van der Waals surface area (Å²) in [5, 5.41) is 10.3. The molecule has 0 radical (unpaired) electrons. The van der Waals surface area contributed by atoms with Crippen LogP contribution in [0.3, 0.4) is 0 Å². The van der Waals surface area contributed by atoms with Crippen molar-refractivity contribution in [3.63, 3.8) is 0 Å². The highest BCUT2D eigenvalue weighted by Crippen LogP contribution is 2.37. The molecule has 100 valence electrons. The van der Waals surface area contributed by atoms with E-state index in [1.54, 1.807) is 6.92 Å². The smallest absolute Gasteiger partial charge is 0.0762 e. The minimum absolute atomic E-state index is 0.462. The average molecular weight is 268 g/mol. The van der Waals surface area contributed by atoms with Gasteiger partial charge in [-0.3, -0.25) is 0 Å². The Hall–Kier alpha value is -0.730. The summed E-state index contributed by atoms with van der Waals surface area (Å²) in [6.07, 6.45) is 2.07. The third kappa shape index (κ3) is 3.18. The zero-order chi connectivity index (χ0) is 13.3. The molecule has 2 rings (SSSR count). The molecule has 1 aliphatic carbocycles. The van der Waals surface area contributed by atoms with Crippen molar-refractivity contribution in [2.75, 3.05) is 11.4 Å². The zero-order valence-electron chi connectivity index (χ0n) is 11.4. The van der Waals surface area contributed by atoms with Crippen molar-refractivity contribution in [1.82, 2.24) is 0 Å². The van der Waals surface area contributed by atoms with Gasteiger partial charge in [0.25, 0.3) is 0 Å². The average Bonchev–Trinajstić information content (AvgIpc) is 3.09. The summed E-state index contributed by atoms with van der Waals surface area (Å²) < 4.78 is 0. The Kier molecular flexibility index (Phi) is 4.18. The van der Waals surface area contributed by atoms with Crippen LogP contribution in [-0.2, 0) is 0 Å². The Morgan fingerprint density at radius 2 is 2.00 bits per heavy atom. The van der Waals surface area contributed by atoms with Crippen molar-refractivity contribution in [2.24, 2.45) is 5.92 Å². The number of aliphatic hydroxyl groups is 1. The highest BCUT2D eigenvalue weighted by atomic mass is 35.5. The third-order valence-electron chi connectivity index (χ3n) is 3.31. The molecule has 1 N–H and O–H groups in total. The van der Waals surface area contributed by atoms with Gasteiger partial charge < -0.3 is 10.0 Å². The topological polar surface area (TPSA) is 23.5 Å². The van der Waals surface area contributed by atoms with Crippen molar-refractivity contribution in [1.29, 1.82) is 0 Å². The third-order valence-corrected chi connectivity index (χ3v) is 3.62. The van der Waals surface area contributed by atoms with Gasteiger partial charge in [-0.05, 0) is 43.4 Å². The summed E-state index contributed by atoms with van der Waals surface area (Å²) in [5.74, 6) is 0.623. The molecule has 0 heterocycles. The molecule has 0 aliphatic heterocycles. The number of hydrogen-bond donors (Lipinski definition) is 1. The summed E-state index contributed by atoms with van der Waals surface area (Å²) in [4.78, 5) is 2.42. The van der Waals surface area contributed by atoms with Gasteiger partial charge in [0.2, 0.25) is 0 Å². The summed E-state index contributed by atoms with van der Waals surface area (Å²) in [6.45, 7) is 7.26. The first-order valence-corrected chi connectivity index (χ1v) is 7.11. The van der Waals surface area contributed by atoms with Crippen LogP contribution < -0.4 is 4.90 Å². The van der Waals surface area contributed by atoms with Crippen LogP contribution in [0.25, 0.3) is 0 Å². The summed E-state index contributed by atoms with van der Waals surface area (Å²) in [6, 6.07) is 6.56. The van der Waals surface area contributed by atoms with E-state index in [2.05, 4.69) is 18.7 Å². The van der Waals surface area contributed by atoms with Gasteiger partial charge in [-0.25, -0.2) is 0 Å². The van der Waals surface area contributed by atoms with Crippen molar-refractivity contribution < 1.29 is 5.11 Å². The first kappa shape index (κ1) is 13.7. The predicted molar refractivity (Wildman–Crippen MR) is 77.3 cm³/mol. The van der Waals surface area contributed by atoms with E-state index in [4.69, 9.17) is 11.6 Å². The van der Waals surface area contributed by atoms with Crippen LogP contribution in [0, 0.1) is 5.92 Å². The van der Waals surface area contributed by atoms with Crippen molar-refractivity contribution in [3.8, 4) is 0 Å². The number of benzene rings is 1. The molecule has 0 aromatic heterocycles. The fraction of sp³-hybridized carbons (Fsp3) is 0.600. The molecule has 0 amide bonds. The molecule has 0 bridgehead atoms. The lowest BCUT2D eigenvalue weighted by atomic mass is 10.1. The van der Waals surface area contributed by atoms with Crippen molar-refractivity contribution >= 4 is 17.3 Å². The molecule has 1 atom stereocenters. The standard InChI is InChI=1S/C15H22ClNO/c1-10(2)9-17(13-5-6-13)15-7-4-12(11(3)18)8-14(15)16/h4,7-8,10-11,13,18H,5-6,9H2,1-3H3. The number of halogens is 1. The number of aliphatic hydroxyl groups excluding tert-OH is 1. The molecule has 0 saturated heterocycles. The molecule has 18 heavy (non-hydrogen) atoms. The first-order valence-electron chi connectivity index (χ1n) is 6.73. The minimum atomic E-state index is -0.462. The van der Waals surface area contributed by atoms with E-state index >= 15 is 0 Å². The van der Waals surface area contributed by atoms with Crippen molar-refractivity contribution in [2.45, 2.75) is 45.8 Å². The maximum absolute atomic E-state index is 9.57. The van der Waals surface area contributed by atoms with Gasteiger partial charge in [-0.15, -0.1) is 0 Å². The Balaban J connectivity index is 2.24. The SMILES string of the molecule is CC(C)CN(c1ccc(C(C)O)cc1Cl)C1CC1. The van der Waals surface area contributed by atoms with Crippen LogP contribution >= 0.6 is 11.6 Å². The number of nitrogens with zero attached hydrogens (tertiary/aromatic N) is 1. The number of rotatable bonds is 5. The Bertz CT molecular complexity index is 413. The van der Waals surface area contributed by atoms with Crippen LogP contribution in [-0.4, -0.2) is 17.7 Å². The lowest BCUT2D eigenvalue weighted by Gasteiger charge is -2.28. The van der Waals surface area contributed by atoms with Gasteiger partial charge in [0, 0.05) is 12.6 Å². The van der Waals surface area contributed by atoms with Gasteiger partial charge in [0.15, 0.2) is 0 Å². The van der Waals surface area contributed by atoms with E-state index in [0.717, 1.165) is 22.8 Å². The van der Waals surface area contributed by atoms with E-state index < -0.39 is 6.10 Å². The molecule has 1 fully saturated rings. The van der Waals surface area contributed by atoms with Crippen LogP contribution in [0.15, 0.2) is 18.2 Å². The fourth-order valence-corrected chi connectivity index (χ4v) is 2.54. The summed E-state index contributed by atoms with van der Waals surface area (Å²) in [5.41, 5.74) is 1.99. The van der Waals surface area contributed by atoms with E-state index in [9.17, 15) is 5.11 Å². The van der Waals surface area contributed by atoms with Crippen LogP contribution in [0.1, 0.15) is 45.3 Å². The van der Waals surface area contributed by atoms with E-state index in [1.165, 1.54) is 12.8 Å². The van der Waals surface area contributed by atoms with Gasteiger partial charge in [-0.2, -0.15) is 0 Å². The zero-order valence-corrected chi connectivity index (χ0v) is 12.1. The molecule has 2 nitrogen and oxygen atoms in total. The molecular weight excluding hydrogens is 246 g/mol. The number of anilines is 1. The van der Waals surface area contributed by atoms with Crippen molar-refractivity contribution in [3.05, 3.63) is 28.8 Å². The molecule has 1 aromatic rings. The Morgan fingerprint density at radius 1 is 1.33 bits per heavy atom. The quantitative estimate of drug-likeness (QED) is 0.871. The molecule has 1 unspecified atom stereocenters. The van der Waals surface area contributed by atoms with E-state index in [1.807, 2.05) is 18.2 Å². The van der Waals surface area contributed by atoms with Crippen LogP contribution in [0.5, 0.6) is 0 Å². The lowest BCUT2D eigenvalue weighted by molar-refractivity contribution is 0.199.